The summed E-state index contributed by atoms with van der Waals surface area (Å²) in [5, 5.41) is 4.66. The Kier molecular flexibility index (Phi) is 4.56. The van der Waals surface area contributed by atoms with Gasteiger partial charge in [-0.3, -0.25) is 9.48 Å². The average molecular weight is 340 g/mol. The molecule has 3 nitrogen and oxygen atoms in total. The summed E-state index contributed by atoms with van der Waals surface area (Å²) < 4.78 is 2.69. The Labute approximate surface area is 125 Å². The van der Waals surface area contributed by atoms with Crippen molar-refractivity contribution in [3.05, 3.63) is 57.3 Å². The van der Waals surface area contributed by atoms with E-state index in [1.54, 1.807) is 29.1 Å². The smallest absolute Gasteiger partial charge is 0.185 e. The molecule has 0 N–H and O–H groups in total. The lowest BCUT2D eigenvalue weighted by molar-refractivity contribution is 0.104. The third-order valence-corrected chi connectivity index (χ3v) is 3.47. The second-order valence-corrected chi connectivity index (χ2v) is 5.22. The molecule has 0 aliphatic carbocycles. The minimum Gasteiger partial charge on any atom is -0.289 e. The summed E-state index contributed by atoms with van der Waals surface area (Å²) in [6.45, 7) is 2.68. The maximum atomic E-state index is 12.0. The van der Waals surface area contributed by atoms with E-state index in [0.717, 1.165) is 10.2 Å². The van der Waals surface area contributed by atoms with Crippen molar-refractivity contribution in [1.29, 1.82) is 0 Å². The average Bonchev–Trinajstić information content (AvgIpc) is 2.77. The van der Waals surface area contributed by atoms with E-state index >= 15 is 0 Å². The molecule has 0 saturated carbocycles. The predicted molar refractivity (Wildman–Crippen MR) is 80.4 cm³/mol. The topological polar surface area (TPSA) is 34.9 Å². The summed E-state index contributed by atoms with van der Waals surface area (Å²) in [4.78, 5) is 12.0. The third-order valence-electron chi connectivity index (χ3n) is 2.65. The normalized spacial score (nSPS) is 11.1. The first-order valence-corrected chi connectivity index (χ1v) is 6.98. The maximum absolute atomic E-state index is 12.0. The Morgan fingerprint density at radius 3 is 2.74 bits per heavy atom. The summed E-state index contributed by atoms with van der Waals surface area (Å²) in [6.07, 6.45) is 4.79. The maximum Gasteiger partial charge on any atom is 0.185 e. The van der Waals surface area contributed by atoms with E-state index in [9.17, 15) is 4.79 Å². The van der Waals surface area contributed by atoms with Crippen LogP contribution in [0.15, 0.2) is 41.0 Å². The van der Waals surface area contributed by atoms with Crippen molar-refractivity contribution in [1.82, 2.24) is 9.78 Å². The Morgan fingerprint density at radius 1 is 1.42 bits per heavy atom. The number of hydrogen-bond donors (Lipinski definition) is 0. The predicted octanol–water partition coefficient (Wildman–Crippen LogP) is 4.22. The molecule has 0 amide bonds. The van der Waals surface area contributed by atoms with Crippen molar-refractivity contribution in [2.75, 3.05) is 0 Å². The van der Waals surface area contributed by atoms with Gasteiger partial charge in [-0.25, -0.2) is 0 Å². The number of ketones is 1. The number of hydrogen-bond acceptors (Lipinski definition) is 2. The zero-order valence-electron chi connectivity index (χ0n) is 10.3. The summed E-state index contributed by atoms with van der Waals surface area (Å²) in [5.41, 5.74) is 1.38. The standard InChI is InChI=1S/C14H12BrClN2O/c1-2-18-13(12(16)9-17-18)7-8-14(19)10-3-5-11(15)6-4-10/h3-9H,2H2,1H3/b8-7+. The SMILES string of the molecule is CCn1ncc(Cl)c1/C=C/C(=O)c1ccc(Br)cc1. The number of aryl methyl sites for hydroxylation is 1. The van der Waals surface area contributed by atoms with Gasteiger partial charge in [0.2, 0.25) is 0 Å². The van der Waals surface area contributed by atoms with Crippen LogP contribution < -0.4 is 0 Å². The van der Waals surface area contributed by atoms with Crippen LogP contribution in [-0.2, 0) is 6.54 Å². The van der Waals surface area contributed by atoms with Gasteiger partial charge in [-0.1, -0.05) is 27.5 Å². The van der Waals surface area contributed by atoms with Crippen LogP contribution in [0.5, 0.6) is 0 Å². The Morgan fingerprint density at radius 2 is 2.11 bits per heavy atom. The quantitative estimate of drug-likeness (QED) is 0.617. The molecule has 0 aliphatic heterocycles. The van der Waals surface area contributed by atoms with Gasteiger partial charge in [0.15, 0.2) is 5.78 Å². The van der Waals surface area contributed by atoms with E-state index < -0.39 is 0 Å². The van der Waals surface area contributed by atoms with Gasteiger partial charge in [-0.2, -0.15) is 5.10 Å². The molecule has 0 atom stereocenters. The van der Waals surface area contributed by atoms with Crippen LogP contribution in [-0.4, -0.2) is 15.6 Å². The van der Waals surface area contributed by atoms with E-state index in [4.69, 9.17) is 11.6 Å². The van der Waals surface area contributed by atoms with Gasteiger partial charge >= 0.3 is 0 Å². The summed E-state index contributed by atoms with van der Waals surface area (Å²) in [7, 11) is 0. The lowest BCUT2D eigenvalue weighted by Gasteiger charge is -2.00. The lowest BCUT2D eigenvalue weighted by Crippen LogP contribution is -1.99. The number of nitrogens with zero attached hydrogens (tertiary/aromatic N) is 2. The first kappa shape index (κ1) is 14.0. The van der Waals surface area contributed by atoms with Gasteiger partial charge in [0.05, 0.1) is 16.9 Å². The monoisotopic (exact) mass is 338 g/mol. The molecular weight excluding hydrogens is 328 g/mol. The van der Waals surface area contributed by atoms with Crippen LogP contribution in [0.3, 0.4) is 0 Å². The van der Waals surface area contributed by atoms with Crippen LogP contribution in [0, 0.1) is 0 Å². The third kappa shape index (κ3) is 3.33. The Balaban J connectivity index is 2.20. The Hall–Kier alpha value is -1.39. The fourth-order valence-corrected chi connectivity index (χ4v) is 2.12. The van der Waals surface area contributed by atoms with Gasteiger partial charge in [0.1, 0.15) is 0 Å². The van der Waals surface area contributed by atoms with Crippen molar-refractivity contribution in [2.24, 2.45) is 0 Å². The van der Waals surface area contributed by atoms with Crippen molar-refractivity contribution < 1.29 is 4.79 Å². The van der Waals surface area contributed by atoms with E-state index in [0.29, 0.717) is 17.1 Å². The largest absolute Gasteiger partial charge is 0.289 e. The molecule has 0 unspecified atom stereocenters. The molecule has 98 valence electrons. The number of rotatable bonds is 4. The van der Waals surface area contributed by atoms with E-state index in [-0.39, 0.29) is 5.78 Å². The molecule has 0 radical (unpaired) electrons. The van der Waals surface area contributed by atoms with E-state index in [1.807, 2.05) is 19.1 Å². The van der Waals surface area contributed by atoms with Gasteiger partial charge < -0.3 is 0 Å². The van der Waals surface area contributed by atoms with E-state index in [2.05, 4.69) is 21.0 Å². The number of allylic oxidation sites excluding steroid dienone is 1. The second-order valence-electron chi connectivity index (χ2n) is 3.90. The number of carbonyl (C=O) groups is 1. The number of halogens is 2. The van der Waals surface area contributed by atoms with Crippen LogP contribution in [0.1, 0.15) is 23.0 Å². The lowest BCUT2D eigenvalue weighted by atomic mass is 10.1. The first-order chi connectivity index (χ1) is 9.11. The van der Waals surface area contributed by atoms with Crippen LogP contribution >= 0.6 is 27.5 Å². The van der Waals surface area contributed by atoms with Gasteiger partial charge in [0, 0.05) is 16.6 Å². The molecule has 2 rings (SSSR count). The molecule has 0 spiro atoms. The number of carbonyl (C=O) groups excluding carboxylic acids is 1. The number of aromatic nitrogens is 2. The van der Waals surface area contributed by atoms with Crippen molar-refractivity contribution in [3.63, 3.8) is 0 Å². The molecule has 0 aliphatic rings. The molecular formula is C14H12BrClN2O. The molecule has 19 heavy (non-hydrogen) atoms. The first-order valence-electron chi connectivity index (χ1n) is 5.81. The highest BCUT2D eigenvalue weighted by Gasteiger charge is 2.06. The fourth-order valence-electron chi connectivity index (χ4n) is 1.65. The zero-order valence-corrected chi connectivity index (χ0v) is 12.6. The molecule has 0 saturated heterocycles. The van der Waals surface area contributed by atoms with Gasteiger partial charge in [0.25, 0.3) is 0 Å². The molecule has 1 heterocycles. The minimum absolute atomic E-state index is 0.0626. The highest BCUT2D eigenvalue weighted by molar-refractivity contribution is 9.10. The minimum atomic E-state index is -0.0626. The van der Waals surface area contributed by atoms with Gasteiger partial charge in [-0.15, -0.1) is 0 Å². The van der Waals surface area contributed by atoms with E-state index in [1.165, 1.54) is 6.08 Å². The van der Waals surface area contributed by atoms with Crippen molar-refractivity contribution >= 4 is 39.4 Å². The summed E-state index contributed by atoms with van der Waals surface area (Å²) in [5.74, 6) is -0.0626. The zero-order chi connectivity index (χ0) is 13.8. The van der Waals surface area contributed by atoms with Crippen LogP contribution in [0.25, 0.3) is 6.08 Å². The van der Waals surface area contributed by atoms with Crippen molar-refractivity contribution in [3.8, 4) is 0 Å². The van der Waals surface area contributed by atoms with Crippen LogP contribution in [0.4, 0.5) is 0 Å². The summed E-state index contributed by atoms with van der Waals surface area (Å²) >= 11 is 9.36. The fraction of sp³-hybridized carbons (Fsp3) is 0.143. The Bertz CT molecular complexity index is 617. The molecule has 0 fully saturated rings. The van der Waals surface area contributed by atoms with Crippen molar-refractivity contribution in [2.45, 2.75) is 13.5 Å². The molecule has 0 bridgehead atoms. The highest BCUT2D eigenvalue weighted by atomic mass is 79.9. The van der Waals surface area contributed by atoms with Gasteiger partial charge in [-0.05, 0) is 43.3 Å². The molecule has 5 heteroatoms. The molecule has 1 aromatic heterocycles. The summed E-state index contributed by atoms with van der Waals surface area (Å²) in [6, 6.07) is 7.22. The number of benzene rings is 1. The van der Waals surface area contributed by atoms with Crippen LogP contribution in [0.2, 0.25) is 5.02 Å². The molecule has 2 aromatic rings. The molecule has 1 aromatic carbocycles. The highest BCUT2D eigenvalue weighted by Crippen LogP contribution is 2.17. The second kappa shape index (κ2) is 6.17.